The molecular formula is C14H21N3O. The summed E-state index contributed by atoms with van der Waals surface area (Å²) in [6.07, 6.45) is 7.17. The molecule has 1 amide bonds. The number of nitrogens with one attached hydrogen (secondary N) is 1. The van der Waals surface area contributed by atoms with Crippen LogP contribution in [-0.2, 0) is 11.8 Å². The van der Waals surface area contributed by atoms with E-state index in [0.29, 0.717) is 18.3 Å². The fraction of sp³-hybridized carbons (Fsp3) is 0.714. The second-order valence-electron chi connectivity index (χ2n) is 5.73. The molecule has 4 nitrogen and oxygen atoms in total. The van der Waals surface area contributed by atoms with Crippen molar-refractivity contribution in [2.45, 2.75) is 51.4 Å². The first kappa shape index (κ1) is 11.8. The minimum absolute atomic E-state index is 0.154. The van der Waals surface area contributed by atoms with E-state index >= 15 is 0 Å². The average Bonchev–Trinajstić information content (AvgIpc) is 2.65. The van der Waals surface area contributed by atoms with Crippen molar-refractivity contribution in [3.05, 3.63) is 11.3 Å². The van der Waals surface area contributed by atoms with Gasteiger partial charge in [0.1, 0.15) is 5.82 Å². The molecule has 0 radical (unpaired) electrons. The second-order valence-corrected chi connectivity index (χ2v) is 5.73. The molecule has 1 aromatic heterocycles. The zero-order valence-electron chi connectivity index (χ0n) is 11.2. The van der Waals surface area contributed by atoms with Crippen LogP contribution >= 0.6 is 0 Å². The van der Waals surface area contributed by atoms with Gasteiger partial charge in [0, 0.05) is 24.9 Å². The van der Waals surface area contributed by atoms with E-state index in [1.165, 1.54) is 37.7 Å². The van der Waals surface area contributed by atoms with Crippen LogP contribution in [0.15, 0.2) is 0 Å². The number of carbonyl (C=O) groups excluding carboxylic acids is 1. The van der Waals surface area contributed by atoms with Gasteiger partial charge < -0.3 is 5.32 Å². The summed E-state index contributed by atoms with van der Waals surface area (Å²) in [4.78, 5) is 11.9. The summed E-state index contributed by atoms with van der Waals surface area (Å²) >= 11 is 0. The second kappa shape index (κ2) is 4.41. The van der Waals surface area contributed by atoms with Gasteiger partial charge in [-0.1, -0.05) is 19.3 Å². The quantitative estimate of drug-likeness (QED) is 0.829. The maximum absolute atomic E-state index is 11.9. The number of anilines is 1. The molecule has 1 aromatic rings. The molecule has 3 rings (SSSR count). The van der Waals surface area contributed by atoms with Crippen molar-refractivity contribution in [2.75, 3.05) is 5.32 Å². The lowest BCUT2D eigenvalue weighted by atomic mass is 9.74. The summed E-state index contributed by atoms with van der Waals surface area (Å²) in [7, 11) is 1.91. The third-order valence-electron chi connectivity index (χ3n) is 4.52. The van der Waals surface area contributed by atoms with Gasteiger partial charge in [0.05, 0.1) is 5.69 Å². The normalized spacial score (nSPS) is 24.8. The van der Waals surface area contributed by atoms with E-state index in [4.69, 9.17) is 0 Å². The van der Waals surface area contributed by atoms with Crippen LogP contribution in [0.1, 0.15) is 55.7 Å². The van der Waals surface area contributed by atoms with Gasteiger partial charge >= 0.3 is 0 Å². The molecule has 98 valence electrons. The zero-order valence-corrected chi connectivity index (χ0v) is 11.2. The molecule has 2 heterocycles. The standard InChI is InChI=1S/C14H21N3O/c1-9-13-11(10-6-4-3-5-7-10)8-12(18)15-14(13)17(2)16-9/h10-11H,3-8H2,1-2H3,(H,15,18). The maximum Gasteiger partial charge on any atom is 0.226 e. The van der Waals surface area contributed by atoms with Gasteiger partial charge in [-0.15, -0.1) is 0 Å². The van der Waals surface area contributed by atoms with Crippen molar-refractivity contribution in [1.29, 1.82) is 0 Å². The van der Waals surface area contributed by atoms with Crippen LogP contribution in [0.4, 0.5) is 5.82 Å². The molecule has 0 spiro atoms. The molecule has 2 aliphatic rings. The summed E-state index contributed by atoms with van der Waals surface area (Å²) < 4.78 is 1.82. The summed E-state index contributed by atoms with van der Waals surface area (Å²) in [5, 5.41) is 7.45. The summed E-state index contributed by atoms with van der Waals surface area (Å²) in [6.45, 7) is 2.06. The van der Waals surface area contributed by atoms with Crippen molar-refractivity contribution in [1.82, 2.24) is 9.78 Å². The third-order valence-corrected chi connectivity index (χ3v) is 4.52. The van der Waals surface area contributed by atoms with Crippen molar-refractivity contribution in [2.24, 2.45) is 13.0 Å². The first-order chi connectivity index (χ1) is 8.66. The monoisotopic (exact) mass is 247 g/mol. The molecule has 0 aromatic carbocycles. The van der Waals surface area contributed by atoms with E-state index in [1.807, 2.05) is 11.7 Å². The topological polar surface area (TPSA) is 46.9 Å². The van der Waals surface area contributed by atoms with Crippen molar-refractivity contribution in [3.63, 3.8) is 0 Å². The Bertz CT molecular complexity index is 472. The molecule has 1 atom stereocenters. The highest BCUT2D eigenvalue weighted by Crippen LogP contribution is 2.44. The summed E-state index contributed by atoms with van der Waals surface area (Å²) in [5.41, 5.74) is 2.38. The Morgan fingerprint density at radius 2 is 2.00 bits per heavy atom. The lowest BCUT2D eigenvalue weighted by molar-refractivity contribution is -0.117. The number of hydrogen-bond acceptors (Lipinski definition) is 2. The molecule has 18 heavy (non-hydrogen) atoms. The van der Waals surface area contributed by atoms with Crippen molar-refractivity contribution >= 4 is 11.7 Å². The highest BCUT2D eigenvalue weighted by molar-refractivity contribution is 5.94. The zero-order chi connectivity index (χ0) is 12.7. The van der Waals surface area contributed by atoms with E-state index in [0.717, 1.165) is 11.5 Å². The lowest BCUT2D eigenvalue weighted by Gasteiger charge is -2.33. The minimum atomic E-state index is 0.154. The Morgan fingerprint density at radius 1 is 1.28 bits per heavy atom. The Labute approximate surface area is 108 Å². The van der Waals surface area contributed by atoms with Crippen LogP contribution in [0.5, 0.6) is 0 Å². The van der Waals surface area contributed by atoms with Gasteiger partial charge in [0.25, 0.3) is 0 Å². The number of amides is 1. The van der Waals surface area contributed by atoms with Crippen LogP contribution in [0.25, 0.3) is 0 Å². The molecule has 1 fully saturated rings. The number of fused-ring (bicyclic) bond motifs is 1. The molecular weight excluding hydrogens is 226 g/mol. The van der Waals surface area contributed by atoms with Gasteiger partial charge in [-0.25, -0.2) is 0 Å². The Hall–Kier alpha value is -1.32. The lowest BCUT2D eigenvalue weighted by Crippen LogP contribution is -2.29. The molecule has 1 N–H and O–H groups in total. The van der Waals surface area contributed by atoms with E-state index in [9.17, 15) is 4.79 Å². The van der Waals surface area contributed by atoms with Gasteiger partial charge in [-0.3, -0.25) is 9.48 Å². The molecule has 0 saturated heterocycles. The Balaban J connectivity index is 1.98. The van der Waals surface area contributed by atoms with Crippen LogP contribution in [-0.4, -0.2) is 15.7 Å². The van der Waals surface area contributed by atoms with Crippen molar-refractivity contribution in [3.8, 4) is 0 Å². The third kappa shape index (κ3) is 1.84. The fourth-order valence-corrected chi connectivity index (χ4v) is 3.69. The van der Waals surface area contributed by atoms with Gasteiger partial charge in [-0.2, -0.15) is 5.10 Å². The summed E-state index contributed by atoms with van der Waals surface area (Å²) in [5.74, 6) is 2.15. The fourth-order valence-electron chi connectivity index (χ4n) is 3.69. The molecule has 1 aliphatic carbocycles. The van der Waals surface area contributed by atoms with Gasteiger partial charge in [-0.05, 0) is 25.7 Å². The molecule has 1 saturated carbocycles. The van der Waals surface area contributed by atoms with E-state index in [-0.39, 0.29) is 5.91 Å². The Morgan fingerprint density at radius 3 is 2.72 bits per heavy atom. The number of carbonyl (C=O) groups is 1. The Kier molecular flexibility index (Phi) is 2.88. The van der Waals surface area contributed by atoms with Gasteiger partial charge in [0.2, 0.25) is 5.91 Å². The van der Waals surface area contributed by atoms with E-state index in [1.54, 1.807) is 0 Å². The number of rotatable bonds is 1. The number of aryl methyl sites for hydroxylation is 2. The van der Waals surface area contributed by atoms with Crippen LogP contribution in [0.2, 0.25) is 0 Å². The van der Waals surface area contributed by atoms with Gasteiger partial charge in [0.15, 0.2) is 0 Å². The highest BCUT2D eigenvalue weighted by atomic mass is 16.1. The SMILES string of the molecule is Cc1nn(C)c2c1C(C1CCCCC1)CC(=O)N2. The number of aromatic nitrogens is 2. The first-order valence-electron chi connectivity index (χ1n) is 7.00. The molecule has 0 bridgehead atoms. The number of hydrogen-bond donors (Lipinski definition) is 1. The molecule has 1 aliphatic heterocycles. The maximum atomic E-state index is 11.9. The molecule has 4 heteroatoms. The number of nitrogens with zero attached hydrogens (tertiary/aromatic N) is 2. The largest absolute Gasteiger partial charge is 0.311 e. The summed E-state index contributed by atoms with van der Waals surface area (Å²) in [6, 6.07) is 0. The van der Waals surface area contributed by atoms with E-state index < -0.39 is 0 Å². The van der Waals surface area contributed by atoms with Crippen LogP contribution in [0, 0.1) is 12.8 Å². The van der Waals surface area contributed by atoms with E-state index in [2.05, 4.69) is 17.3 Å². The first-order valence-corrected chi connectivity index (χ1v) is 7.00. The molecule has 1 unspecified atom stereocenters. The predicted molar refractivity (Wildman–Crippen MR) is 70.5 cm³/mol. The van der Waals surface area contributed by atoms with Crippen molar-refractivity contribution < 1.29 is 4.79 Å². The smallest absolute Gasteiger partial charge is 0.226 e. The van der Waals surface area contributed by atoms with Crippen LogP contribution in [0.3, 0.4) is 0 Å². The van der Waals surface area contributed by atoms with Crippen LogP contribution < -0.4 is 5.32 Å². The minimum Gasteiger partial charge on any atom is -0.311 e. The highest BCUT2D eigenvalue weighted by Gasteiger charge is 2.35. The predicted octanol–water partition coefficient (Wildman–Crippen LogP) is 2.73. The average molecular weight is 247 g/mol.